The number of piperidine rings is 1. The number of aliphatic hydroxyl groups is 1. The number of nitrogens with one attached hydrogen (secondary N) is 1. The van der Waals surface area contributed by atoms with Crippen molar-refractivity contribution in [2.24, 2.45) is 0 Å². The number of ether oxygens (including phenoxy) is 1. The Hall–Kier alpha value is -3.19. The van der Waals surface area contributed by atoms with Gasteiger partial charge in [-0.25, -0.2) is 9.37 Å². The van der Waals surface area contributed by atoms with Crippen molar-refractivity contribution in [2.45, 2.75) is 31.3 Å². The molecule has 1 amide bonds. The molecule has 1 saturated heterocycles. The quantitative estimate of drug-likeness (QED) is 0.672. The second-order valence-electron chi connectivity index (χ2n) is 8.30. The van der Waals surface area contributed by atoms with Crippen molar-refractivity contribution in [2.75, 3.05) is 29.9 Å². The molecule has 2 aromatic carbocycles. The minimum atomic E-state index is -0.972. The van der Waals surface area contributed by atoms with E-state index in [-0.39, 0.29) is 18.2 Å². The summed E-state index contributed by atoms with van der Waals surface area (Å²) in [5, 5.41) is 15.9. The minimum absolute atomic E-state index is 0.121. The summed E-state index contributed by atoms with van der Waals surface area (Å²) in [6, 6.07) is 13.0. The van der Waals surface area contributed by atoms with Gasteiger partial charge in [-0.3, -0.25) is 4.79 Å². The molecule has 2 N–H and O–H groups in total. The van der Waals surface area contributed by atoms with Gasteiger partial charge in [-0.1, -0.05) is 24.3 Å². The summed E-state index contributed by atoms with van der Waals surface area (Å²) >= 11 is 0. The Balaban J connectivity index is 1.28. The van der Waals surface area contributed by atoms with Gasteiger partial charge in [0, 0.05) is 36.7 Å². The number of fused-ring (bicyclic) bond motifs is 2. The van der Waals surface area contributed by atoms with Crippen LogP contribution in [0, 0.1) is 5.82 Å². The maximum atomic E-state index is 14.1. The summed E-state index contributed by atoms with van der Waals surface area (Å²) in [5.74, 6) is 0.786. The first-order chi connectivity index (χ1) is 15.0. The first-order valence-corrected chi connectivity index (χ1v) is 10.6. The highest BCUT2D eigenvalue weighted by atomic mass is 19.1. The largest absolute Gasteiger partial charge is 0.490 e. The van der Waals surface area contributed by atoms with E-state index in [1.807, 2.05) is 24.4 Å². The van der Waals surface area contributed by atoms with Gasteiger partial charge in [0.05, 0.1) is 5.69 Å². The monoisotopic (exact) mass is 421 g/mol. The number of aromatic nitrogens is 1. The van der Waals surface area contributed by atoms with Crippen LogP contribution < -0.4 is 15.0 Å². The molecule has 0 unspecified atom stereocenters. The summed E-state index contributed by atoms with van der Waals surface area (Å²) in [6.07, 6.45) is 3.62. The van der Waals surface area contributed by atoms with Gasteiger partial charge in [-0.2, -0.15) is 0 Å². The lowest BCUT2D eigenvalue weighted by Gasteiger charge is -2.39. The Kier molecular flexibility index (Phi) is 4.98. The molecule has 3 aromatic rings. The van der Waals surface area contributed by atoms with Crippen molar-refractivity contribution >= 4 is 28.2 Å². The normalized spacial score (nSPS) is 17.9. The molecular weight excluding hydrogens is 397 g/mol. The molecule has 6 nitrogen and oxygen atoms in total. The molecular formula is C24H24FN3O3. The molecule has 3 heterocycles. The number of amides is 1. The molecule has 1 fully saturated rings. The molecule has 0 bridgehead atoms. The van der Waals surface area contributed by atoms with Gasteiger partial charge in [0.15, 0.2) is 0 Å². The lowest BCUT2D eigenvalue weighted by atomic mass is 9.92. The topological polar surface area (TPSA) is 74.7 Å². The molecule has 0 aliphatic carbocycles. The number of nitrogens with zero attached hydrogens (tertiary/aromatic N) is 2. The number of rotatable bonds is 4. The van der Waals surface area contributed by atoms with Gasteiger partial charge in [0.1, 0.15) is 29.6 Å². The van der Waals surface area contributed by atoms with Crippen LogP contribution in [0.2, 0.25) is 0 Å². The van der Waals surface area contributed by atoms with E-state index in [2.05, 4.69) is 27.3 Å². The average molecular weight is 421 g/mol. The van der Waals surface area contributed by atoms with Crippen LogP contribution in [0.5, 0.6) is 5.75 Å². The second kappa shape index (κ2) is 7.81. The maximum absolute atomic E-state index is 14.1. The van der Waals surface area contributed by atoms with Crippen LogP contribution in [0.1, 0.15) is 24.8 Å². The molecule has 160 valence electrons. The Bertz CT molecular complexity index is 1140. The maximum Gasteiger partial charge on any atom is 0.224 e. The zero-order valence-corrected chi connectivity index (χ0v) is 17.1. The number of hydrogen-bond donors (Lipinski definition) is 2. The van der Waals surface area contributed by atoms with Crippen LogP contribution in [-0.2, 0) is 11.2 Å². The van der Waals surface area contributed by atoms with Crippen LogP contribution in [0.15, 0.2) is 48.7 Å². The van der Waals surface area contributed by atoms with E-state index >= 15 is 0 Å². The van der Waals surface area contributed by atoms with E-state index in [9.17, 15) is 14.3 Å². The fourth-order valence-electron chi connectivity index (χ4n) is 4.41. The highest BCUT2D eigenvalue weighted by Gasteiger charge is 2.34. The summed E-state index contributed by atoms with van der Waals surface area (Å²) in [6.45, 7) is 1.45. The Morgan fingerprint density at radius 3 is 2.77 bits per heavy atom. The molecule has 31 heavy (non-hydrogen) atoms. The smallest absolute Gasteiger partial charge is 0.224 e. The Morgan fingerprint density at radius 2 is 1.94 bits per heavy atom. The third-order valence-electron chi connectivity index (χ3n) is 6.23. The van der Waals surface area contributed by atoms with Gasteiger partial charge in [0.2, 0.25) is 5.91 Å². The number of pyridine rings is 1. The summed E-state index contributed by atoms with van der Waals surface area (Å²) in [7, 11) is 0. The Labute approximate surface area is 179 Å². The average Bonchev–Trinajstić information content (AvgIpc) is 2.79. The number of hydrogen-bond acceptors (Lipinski definition) is 5. The number of carbonyl (C=O) groups is 1. The van der Waals surface area contributed by atoms with Crippen molar-refractivity contribution in [1.29, 1.82) is 0 Å². The summed E-state index contributed by atoms with van der Waals surface area (Å²) in [5.41, 5.74) is -0.126. The molecule has 2 aliphatic rings. The van der Waals surface area contributed by atoms with Crippen molar-refractivity contribution < 1.29 is 19.0 Å². The standard InChI is InChI=1S/C24H24FN3O3/c25-19-6-7-20(18-5-8-21(29)27-22(18)19)31-15-24(30)10-13-28(14-11-24)23-17-4-2-1-3-16(17)9-12-26-23/h1-4,6-7,9,12,30H,5,8,10-11,13-15H2,(H,27,29). The summed E-state index contributed by atoms with van der Waals surface area (Å²) in [4.78, 5) is 18.4. The predicted octanol–water partition coefficient (Wildman–Crippen LogP) is 3.67. The highest BCUT2D eigenvalue weighted by molar-refractivity contribution is 5.94. The van der Waals surface area contributed by atoms with E-state index in [1.54, 1.807) is 6.07 Å². The molecule has 7 heteroatoms. The molecule has 5 rings (SSSR count). The van der Waals surface area contributed by atoms with Crippen molar-refractivity contribution in [3.8, 4) is 5.75 Å². The SMILES string of the molecule is O=C1CCc2c(OCC3(O)CCN(c4nccc5ccccc45)CC3)ccc(F)c2N1. The fraction of sp³-hybridized carbons (Fsp3) is 0.333. The second-order valence-corrected chi connectivity index (χ2v) is 8.30. The van der Waals surface area contributed by atoms with Crippen LogP contribution in [0.3, 0.4) is 0 Å². The first kappa shape index (κ1) is 19.8. The highest BCUT2D eigenvalue weighted by Crippen LogP contribution is 2.35. The first-order valence-electron chi connectivity index (χ1n) is 10.6. The van der Waals surface area contributed by atoms with E-state index in [0.717, 1.165) is 16.6 Å². The van der Waals surface area contributed by atoms with E-state index in [0.29, 0.717) is 50.1 Å². The lowest BCUT2D eigenvalue weighted by molar-refractivity contribution is -0.116. The zero-order chi connectivity index (χ0) is 21.4. The third kappa shape index (κ3) is 3.81. The van der Waals surface area contributed by atoms with Gasteiger partial charge in [-0.15, -0.1) is 0 Å². The number of benzene rings is 2. The van der Waals surface area contributed by atoms with E-state index in [4.69, 9.17) is 4.74 Å². The van der Waals surface area contributed by atoms with Crippen LogP contribution in [-0.4, -0.2) is 41.3 Å². The van der Waals surface area contributed by atoms with Gasteiger partial charge in [0.25, 0.3) is 0 Å². The van der Waals surface area contributed by atoms with Gasteiger partial charge >= 0.3 is 0 Å². The minimum Gasteiger partial charge on any atom is -0.490 e. The molecule has 0 atom stereocenters. The van der Waals surface area contributed by atoms with E-state index < -0.39 is 11.4 Å². The lowest BCUT2D eigenvalue weighted by Crippen LogP contribution is -2.48. The Morgan fingerprint density at radius 1 is 1.13 bits per heavy atom. The molecule has 1 aromatic heterocycles. The van der Waals surface area contributed by atoms with Crippen molar-refractivity contribution in [3.05, 3.63) is 60.0 Å². The zero-order valence-electron chi connectivity index (χ0n) is 17.1. The molecule has 2 aliphatic heterocycles. The molecule has 0 radical (unpaired) electrons. The number of carbonyl (C=O) groups excluding carboxylic acids is 1. The van der Waals surface area contributed by atoms with Gasteiger partial charge in [-0.05, 0) is 42.8 Å². The predicted molar refractivity (Wildman–Crippen MR) is 117 cm³/mol. The summed E-state index contributed by atoms with van der Waals surface area (Å²) < 4.78 is 20.0. The van der Waals surface area contributed by atoms with Crippen LogP contribution in [0.25, 0.3) is 10.8 Å². The van der Waals surface area contributed by atoms with Crippen molar-refractivity contribution in [3.63, 3.8) is 0 Å². The van der Waals surface area contributed by atoms with Crippen molar-refractivity contribution in [1.82, 2.24) is 4.98 Å². The molecule has 0 saturated carbocycles. The van der Waals surface area contributed by atoms with Crippen LogP contribution in [0.4, 0.5) is 15.9 Å². The fourth-order valence-corrected chi connectivity index (χ4v) is 4.41. The number of halogens is 1. The van der Waals surface area contributed by atoms with Gasteiger partial charge < -0.3 is 20.1 Å². The third-order valence-corrected chi connectivity index (χ3v) is 6.23. The number of anilines is 2. The van der Waals surface area contributed by atoms with Crippen LogP contribution >= 0.6 is 0 Å². The van der Waals surface area contributed by atoms with E-state index in [1.165, 1.54) is 6.07 Å². The molecule has 0 spiro atoms.